The molecule has 0 bridgehead atoms. The third kappa shape index (κ3) is 3.75. The molecule has 4 heterocycles. The maximum Gasteiger partial charge on any atom is 0.254 e. The smallest absolute Gasteiger partial charge is 0.254 e. The van der Waals surface area contributed by atoms with Gasteiger partial charge in [0, 0.05) is 30.1 Å². The summed E-state index contributed by atoms with van der Waals surface area (Å²) in [6.45, 7) is 3.54. The minimum atomic E-state index is -0.994. The molecule has 0 radical (unpaired) electrons. The van der Waals surface area contributed by atoms with Crippen molar-refractivity contribution < 1.29 is 14.7 Å². The summed E-state index contributed by atoms with van der Waals surface area (Å²) in [6.07, 6.45) is 3.92. The summed E-state index contributed by atoms with van der Waals surface area (Å²) >= 11 is 1.71. The van der Waals surface area contributed by atoms with E-state index in [1.807, 2.05) is 17.6 Å². The lowest BCUT2D eigenvalue weighted by Crippen LogP contribution is -2.55. The van der Waals surface area contributed by atoms with E-state index in [1.165, 1.54) is 10.6 Å². The summed E-state index contributed by atoms with van der Waals surface area (Å²) in [5.74, 6) is 0.299. The summed E-state index contributed by atoms with van der Waals surface area (Å²) in [7, 11) is 0. The maximum absolute atomic E-state index is 12.9. The van der Waals surface area contributed by atoms with Crippen LogP contribution in [0.3, 0.4) is 0 Å². The van der Waals surface area contributed by atoms with Gasteiger partial charge in [-0.2, -0.15) is 0 Å². The molecular formula is C22H26N4O3S. The summed E-state index contributed by atoms with van der Waals surface area (Å²) in [6, 6.07) is 5.87. The third-order valence-electron chi connectivity index (χ3n) is 6.60. The van der Waals surface area contributed by atoms with Gasteiger partial charge in [0.15, 0.2) is 0 Å². The van der Waals surface area contributed by atoms with Crippen LogP contribution in [0.5, 0.6) is 0 Å². The molecule has 2 N–H and O–H groups in total. The lowest BCUT2D eigenvalue weighted by atomic mass is 9.88. The Kier molecular flexibility index (Phi) is 5.30. The van der Waals surface area contributed by atoms with Crippen LogP contribution >= 0.6 is 11.3 Å². The van der Waals surface area contributed by atoms with Gasteiger partial charge in [0.2, 0.25) is 5.91 Å². The minimum absolute atomic E-state index is 0.0463. The molecule has 2 unspecified atom stereocenters. The van der Waals surface area contributed by atoms with Gasteiger partial charge in [0.1, 0.15) is 11.2 Å². The molecule has 0 saturated carbocycles. The minimum Gasteiger partial charge on any atom is -0.372 e. The first-order valence-electron chi connectivity index (χ1n) is 10.6. The SMILES string of the molecule is O=C1CCC(N2Cc3cc(C4CCN(Cc5nccs5)CC4)ccc3C2=O)C(O)N1. The van der Waals surface area contributed by atoms with Gasteiger partial charge in [-0.15, -0.1) is 11.3 Å². The lowest BCUT2D eigenvalue weighted by molar-refractivity contribution is -0.129. The molecule has 2 atom stereocenters. The van der Waals surface area contributed by atoms with Crippen LogP contribution in [0.4, 0.5) is 0 Å². The van der Waals surface area contributed by atoms with Crippen molar-refractivity contribution in [2.75, 3.05) is 13.1 Å². The van der Waals surface area contributed by atoms with E-state index >= 15 is 0 Å². The quantitative estimate of drug-likeness (QED) is 0.782. The number of fused-ring (bicyclic) bond motifs is 1. The summed E-state index contributed by atoms with van der Waals surface area (Å²) in [4.78, 5) is 33.0. The fourth-order valence-electron chi connectivity index (χ4n) is 4.93. The molecule has 0 spiro atoms. The Bertz CT molecular complexity index is 940. The van der Waals surface area contributed by atoms with Crippen molar-refractivity contribution in [3.63, 3.8) is 0 Å². The second kappa shape index (κ2) is 8.09. The number of likely N-dealkylation sites (tertiary alicyclic amines) is 1. The van der Waals surface area contributed by atoms with E-state index < -0.39 is 6.23 Å². The van der Waals surface area contributed by atoms with Crippen LogP contribution in [-0.4, -0.2) is 57.1 Å². The number of piperidine rings is 2. The van der Waals surface area contributed by atoms with Gasteiger partial charge >= 0.3 is 0 Å². The molecular weight excluding hydrogens is 400 g/mol. The molecule has 8 heteroatoms. The first-order valence-corrected chi connectivity index (χ1v) is 11.5. The van der Waals surface area contributed by atoms with Crippen molar-refractivity contribution in [1.82, 2.24) is 20.1 Å². The van der Waals surface area contributed by atoms with Crippen molar-refractivity contribution >= 4 is 23.2 Å². The second-order valence-electron chi connectivity index (χ2n) is 8.44. The molecule has 2 amide bonds. The number of thiazole rings is 1. The number of carbonyl (C=O) groups excluding carboxylic acids is 2. The number of hydrogen-bond donors (Lipinski definition) is 2. The standard InChI is InChI=1S/C22H26N4O3S/c27-19-4-3-18(21(28)24-19)26-12-16-11-15(1-2-17(16)22(26)29)14-5-8-25(9-6-14)13-20-23-7-10-30-20/h1-2,7,10-11,14,18,21,28H,3-6,8-9,12-13H2,(H,24,27). The summed E-state index contributed by atoms with van der Waals surface area (Å²) < 4.78 is 0. The van der Waals surface area contributed by atoms with Crippen LogP contribution in [0.25, 0.3) is 0 Å². The van der Waals surface area contributed by atoms with Crippen LogP contribution in [0.1, 0.15) is 58.1 Å². The normalized spacial score (nSPS) is 25.4. The number of aliphatic hydroxyl groups excluding tert-OH is 1. The summed E-state index contributed by atoms with van der Waals surface area (Å²) in [5.41, 5.74) is 3.06. The highest BCUT2D eigenvalue weighted by Crippen LogP contribution is 2.34. The number of hydrogen-bond acceptors (Lipinski definition) is 6. The molecule has 2 aromatic rings. The predicted octanol–water partition coefficient (Wildman–Crippen LogP) is 2.08. The molecule has 1 aromatic heterocycles. The first-order chi connectivity index (χ1) is 14.6. The Balaban J connectivity index is 1.24. The zero-order chi connectivity index (χ0) is 20.7. The second-order valence-corrected chi connectivity index (χ2v) is 9.42. The van der Waals surface area contributed by atoms with Crippen molar-refractivity contribution in [1.29, 1.82) is 0 Å². The van der Waals surface area contributed by atoms with E-state index in [9.17, 15) is 14.7 Å². The zero-order valence-corrected chi connectivity index (χ0v) is 17.6. The number of nitrogens with zero attached hydrogens (tertiary/aromatic N) is 3. The molecule has 3 aliphatic rings. The maximum atomic E-state index is 12.9. The van der Waals surface area contributed by atoms with Crippen LogP contribution in [0.2, 0.25) is 0 Å². The van der Waals surface area contributed by atoms with Crippen LogP contribution < -0.4 is 5.32 Å². The van der Waals surface area contributed by atoms with E-state index in [0.29, 0.717) is 25.3 Å². The van der Waals surface area contributed by atoms with Gasteiger partial charge in [-0.25, -0.2) is 4.98 Å². The molecule has 158 valence electrons. The lowest BCUT2D eigenvalue weighted by Gasteiger charge is -2.35. The first kappa shape index (κ1) is 19.7. The molecule has 5 rings (SSSR count). The van der Waals surface area contributed by atoms with E-state index in [4.69, 9.17) is 0 Å². The van der Waals surface area contributed by atoms with Gasteiger partial charge in [0.05, 0.1) is 12.6 Å². The Labute approximate surface area is 179 Å². The van der Waals surface area contributed by atoms with E-state index in [0.717, 1.165) is 43.6 Å². The number of amides is 2. The average molecular weight is 427 g/mol. The highest BCUT2D eigenvalue weighted by molar-refractivity contribution is 7.09. The van der Waals surface area contributed by atoms with Crippen molar-refractivity contribution in [3.05, 3.63) is 51.5 Å². The molecule has 1 aromatic carbocycles. The van der Waals surface area contributed by atoms with Crippen LogP contribution in [0.15, 0.2) is 29.8 Å². The van der Waals surface area contributed by atoms with Gasteiger partial charge in [-0.05, 0) is 55.5 Å². The molecule has 30 heavy (non-hydrogen) atoms. The van der Waals surface area contributed by atoms with Gasteiger partial charge < -0.3 is 15.3 Å². The van der Waals surface area contributed by atoms with Gasteiger partial charge in [-0.1, -0.05) is 12.1 Å². The highest BCUT2D eigenvalue weighted by atomic mass is 32.1. The Hall–Kier alpha value is -2.29. The number of aromatic nitrogens is 1. The number of nitrogens with one attached hydrogen (secondary N) is 1. The van der Waals surface area contributed by atoms with E-state index in [-0.39, 0.29) is 17.9 Å². The largest absolute Gasteiger partial charge is 0.372 e. The zero-order valence-electron chi connectivity index (χ0n) is 16.8. The number of rotatable bonds is 4. The monoisotopic (exact) mass is 426 g/mol. The molecule has 0 aliphatic carbocycles. The van der Waals surface area contributed by atoms with Crippen LogP contribution in [0, 0.1) is 0 Å². The van der Waals surface area contributed by atoms with Crippen LogP contribution in [-0.2, 0) is 17.9 Å². The van der Waals surface area contributed by atoms with Gasteiger partial charge in [-0.3, -0.25) is 14.5 Å². The molecule has 3 aliphatic heterocycles. The summed E-state index contributed by atoms with van der Waals surface area (Å²) in [5, 5.41) is 16.0. The van der Waals surface area contributed by atoms with E-state index in [1.54, 1.807) is 16.2 Å². The number of carbonyl (C=O) groups is 2. The van der Waals surface area contributed by atoms with Crippen molar-refractivity contribution in [3.8, 4) is 0 Å². The van der Waals surface area contributed by atoms with Crippen molar-refractivity contribution in [2.24, 2.45) is 0 Å². The Morgan fingerprint density at radius 3 is 2.77 bits per heavy atom. The Morgan fingerprint density at radius 2 is 2.03 bits per heavy atom. The topological polar surface area (TPSA) is 85.8 Å². The molecule has 7 nitrogen and oxygen atoms in total. The van der Waals surface area contributed by atoms with Crippen molar-refractivity contribution in [2.45, 2.75) is 57.0 Å². The van der Waals surface area contributed by atoms with Gasteiger partial charge in [0.25, 0.3) is 5.91 Å². The van der Waals surface area contributed by atoms with E-state index in [2.05, 4.69) is 27.3 Å². The number of benzene rings is 1. The fourth-order valence-corrected chi connectivity index (χ4v) is 5.59. The third-order valence-corrected chi connectivity index (χ3v) is 7.37. The average Bonchev–Trinajstić information content (AvgIpc) is 3.36. The highest BCUT2D eigenvalue weighted by Gasteiger charge is 2.39. The molecule has 2 saturated heterocycles. The fraction of sp³-hybridized carbons (Fsp3) is 0.500. The Morgan fingerprint density at radius 1 is 1.20 bits per heavy atom. The number of aliphatic hydroxyl groups is 1. The predicted molar refractivity (Wildman–Crippen MR) is 113 cm³/mol. The molecule has 2 fully saturated rings.